The van der Waals surface area contributed by atoms with Gasteiger partial charge in [0.25, 0.3) is 0 Å². The monoisotopic (exact) mass is 324 g/mol. The number of ether oxygens (including phenoxy) is 1. The number of halogens is 1. The van der Waals surface area contributed by atoms with E-state index in [1.165, 1.54) is 31.4 Å². The molecule has 2 fully saturated rings. The van der Waals surface area contributed by atoms with E-state index in [1.54, 1.807) is 7.11 Å². The van der Waals surface area contributed by atoms with Gasteiger partial charge in [0.05, 0.1) is 13.2 Å². The third kappa shape index (κ3) is 2.67. The number of benzene rings is 1. The molecule has 0 radical (unpaired) electrons. The Labute approximate surface area is 123 Å². The molecule has 2 atom stereocenters. The molecule has 2 aliphatic rings. The number of piperidine rings is 1. The highest BCUT2D eigenvalue weighted by Crippen LogP contribution is 2.42. The molecule has 0 spiro atoms. The molecule has 1 aromatic carbocycles. The maximum atomic E-state index is 6.43. The van der Waals surface area contributed by atoms with Crippen molar-refractivity contribution in [3.8, 4) is 5.75 Å². The Morgan fingerprint density at radius 1 is 1.32 bits per heavy atom. The topological polar surface area (TPSA) is 38.5 Å². The number of methoxy groups -OCH3 is 1. The first-order chi connectivity index (χ1) is 9.20. The smallest absolute Gasteiger partial charge is 0.123 e. The zero-order valence-corrected chi connectivity index (χ0v) is 12.9. The average molecular weight is 325 g/mol. The maximum Gasteiger partial charge on any atom is 0.123 e. The molecule has 2 N–H and O–H groups in total. The second kappa shape index (κ2) is 5.43. The van der Waals surface area contributed by atoms with Crippen molar-refractivity contribution < 1.29 is 4.74 Å². The summed E-state index contributed by atoms with van der Waals surface area (Å²) in [6.07, 6.45) is 4.95. The van der Waals surface area contributed by atoms with E-state index in [0.29, 0.717) is 6.04 Å². The third-order valence-electron chi connectivity index (χ3n) is 4.24. The van der Waals surface area contributed by atoms with E-state index in [9.17, 15) is 0 Å². The summed E-state index contributed by atoms with van der Waals surface area (Å²) in [5, 5.41) is 0. The summed E-state index contributed by atoms with van der Waals surface area (Å²) in [5.74, 6) is 0.955. The van der Waals surface area contributed by atoms with Crippen LogP contribution in [0.2, 0.25) is 0 Å². The van der Waals surface area contributed by atoms with E-state index in [1.807, 2.05) is 12.1 Å². The fraction of sp³-hybridized carbons (Fsp3) is 0.600. The van der Waals surface area contributed by atoms with Gasteiger partial charge < -0.3 is 10.5 Å². The Bertz CT molecular complexity index is 461. The van der Waals surface area contributed by atoms with Crippen LogP contribution in [0.4, 0.5) is 0 Å². The number of nitrogens with zero attached hydrogens (tertiary/aromatic N) is 1. The molecular formula is C15H21BrN2O. The predicted molar refractivity (Wildman–Crippen MR) is 80.4 cm³/mol. The lowest BCUT2D eigenvalue weighted by atomic mass is 9.90. The molecule has 1 aliphatic heterocycles. The molecule has 19 heavy (non-hydrogen) atoms. The fourth-order valence-electron chi connectivity index (χ4n) is 3.21. The lowest BCUT2D eigenvalue weighted by Gasteiger charge is -2.40. The summed E-state index contributed by atoms with van der Waals surface area (Å²) in [6.45, 7) is 1.17. The minimum Gasteiger partial charge on any atom is -0.496 e. The Balaban J connectivity index is 1.98. The fourth-order valence-corrected chi connectivity index (χ4v) is 3.59. The molecule has 0 bridgehead atoms. The van der Waals surface area contributed by atoms with Crippen LogP contribution in [0.3, 0.4) is 0 Å². The summed E-state index contributed by atoms with van der Waals surface area (Å²) in [7, 11) is 1.74. The zero-order valence-electron chi connectivity index (χ0n) is 11.3. The van der Waals surface area contributed by atoms with E-state index in [-0.39, 0.29) is 6.04 Å². The summed E-state index contributed by atoms with van der Waals surface area (Å²) >= 11 is 3.57. The van der Waals surface area contributed by atoms with E-state index >= 15 is 0 Å². The quantitative estimate of drug-likeness (QED) is 0.928. The van der Waals surface area contributed by atoms with E-state index in [0.717, 1.165) is 22.7 Å². The highest BCUT2D eigenvalue weighted by Gasteiger charge is 2.40. The minimum atomic E-state index is 0.206. The summed E-state index contributed by atoms with van der Waals surface area (Å²) in [6, 6.07) is 7.47. The summed E-state index contributed by atoms with van der Waals surface area (Å²) in [5.41, 5.74) is 7.66. The van der Waals surface area contributed by atoms with Gasteiger partial charge in [-0.3, -0.25) is 4.90 Å². The molecule has 1 saturated carbocycles. The molecule has 0 aromatic heterocycles. The van der Waals surface area contributed by atoms with Crippen molar-refractivity contribution in [3.05, 3.63) is 28.2 Å². The highest BCUT2D eigenvalue weighted by atomic mass is 79.9. The number of rotatable bonds is 3. The van der Waals surface area contributed by atoms with Gasteiger partial charge in [-0.15, -0.1) is 0 Å². The van der Waals surface area contributed by atoms with Crippen LogP contribution in [-0.4, -0.2) is 30.6 Å². The Kier molecular flexibility index (Phi) is 3.83. The molecular weight excluding hydrogens is 304 g/mol. The molecule has 0 amide bonds. The first kappa shape index (κ1) is 13.4. The van der Waals surface area contributed by atoms with Gasteiger partial charge in [0, 0.05) is 22.1 Å². The van der Waals surface area contributed by atoms with Crippen LogP contribution in [0, 0.1) is 0 Å². The van der Waals surface area contributed by atoms with Gasteiger partial charge in [-0.2, -0.15) is 0 Å². The predicted octanol–water partition coefficient (Wildman–Crippen LogP) is 3.08. The van der Waals surface area contributed by atoms with Crippen molar-refractivity contribution in [1.82, 2.24) is 4.90 Å². The molecule has 3 rings (SSSR count). The number of hydrogen-bond donors (Lipinski definition) is 1. The first-order valence-electron chi connectivity index (χ1n) is 7.05. The van der Waals surface area contributed by atoms with Crippen LogP contribution in [-0.2, 0) is 0 Å². The van der Waals surface area contributed by atoms with Crippen LogP contribution in [0.25, 0.3) is 0 Å². The van der Waals surface area contributed by atoms with Gasteiger partial charge in [-0.1, -0.05) is 15.9 Å². The SMILES string of the molecule is COc1ccc(Br)cc1C1C(N)CCCN1C1CC1. The molecule has 1 aliphatic carbocycles. The first-order valence-corrected chi connectivity index (χ1v) is 7.85. The Morgan fingerprint density at radius 3 is 2.79 bits per heavy atom. The van der Waals surface area contributed by atoms with Crippen LogP contribution >= 0.6 is 15.9 Å². The third-order valence-corrected chi connectivity index (χ3v) is 4.74. The lowest BCUT2D eigenvalue weighted by Crippen LogP contribution is -2.46. The molecule has 3 nitrogen and oxygen atoms in total. The van der Waals surface area contributed by atoms with Crippen molar-refractivity contribution in [2.24, 2.45) is 5.73 Å². The van der Waals surface area contributed by atoms with Gasteiger partial charge in [0.15, 0.2) is 0 Å². The largest absolute Gasteiger partial charge is 0.496 e. The van der Waals surface area contributed by atoms with Gasteiger partial charge in [0.2, 0.25) is 0 Å². The van der Waals surface area contributed by atoms with E-state index in [2.05, 4.69) is 26.9 Å². The molecule has 2 unspecified atom stereocenters. The number of likely N-dealkylation sites (tertiary alicyclic amines) is 1. The van der Waals surface area contributed by atoms with E-state index in [4.69, 9.17) is 10.5 Å². The second-order valence-corrected chi connectivity index (χ2v) is 6.52. The standard InChI is InChI=1S/C15H21BrN2O/c1-19-14-7-4-10(16)9-12(14)15-13(17)3-2-8-18(15)11-5-6-11/h4,7,9,11,13,15H,2-3,5-6,8,17H2,1H3. The normalized spacial score (nSPS) is 28.4. The van der Waals surface area contributed by atoms with Gasteiger partial charge >= 0.3 is 0 Å². The maximum absolute atomic E-state index is 6.43. The minimum absolute atomic E-state index is 0.206. The van der Waals surface area contributed by atoms with E-state index < -0.39 is 0 Å². The molecule has 1 saturated heterocycles. The van der Waals surface area contributed by atoms with Crippen molar-refractivity contribution in [1.29, 1.82) is 0 Å². The Hall–Kier alpha value is -0.580. The summed E-state index contributed by atoms with van der Waals surface area (Å²) < 4.78 is 6.64. The average Bonchev–Trinajstić information content (AvgIpc) is 3.22. The lowest BCUT2D eigenvalue weighted by molar-refractivity contribution is 0.117. The van der Waals surface area contributed by atoms with Crippen LogP contribution in [0.15, 0.2) is 22.7 Å². The van der Waals surface area contributed by atoms with Crippen molar-refractivity contribution in [2.45, 2.75) is 43.8 Å². The van der Waals surface area contributed by atoms with Crippen LogP contribution < -0.4 is 10.5 Å². The highest BCUT2D eigenvalue weighted by molar-refractivity contribution is 9.10. The van der Waals surface area contributed by atoms with Gasteiger partial charge in [-0.05, 0) is 50.4 Å². The molecule has 1 aromatic rings. The van der Waals surface area contributed by atoms with Crippen molar-refractivity contribution in [3.63, 3.8) is 0 Å². The van der Waals surface area contributed by atoms with Crippen LogP contribution in [0.5, 0.6) is 5.75 Å². The van der Waals surface area contributed by atoms with Crippen molar-refractivity contribution >= 4 is 15.9 Å². The van der Waals surface area contributed by atoms with Crippen LogP contribution in [0.1, 0.15) is 37.3 Å². The van der Waals surface area contributed by atoms with Crippen molar-refractivity contribution in [2.75, 3.05) is 13.7 Å². The summed E-state index contributed by atoms with van der Waals surface area (Å²) in [4.78, 5) is 2.60. The molecule has 4 heteroatoms. The second-order valence-electron chi connectivity index (χ2n) is 5.61. The van der Waals surface area contributed by atoms with Gasteiger partial charge in [-0.25, -0.2) is 0 Å². The van der Waals surface area contributed by atoms with Gasteiger partial charge in [0.1, 0.15) is 5.75 Å². The molecule has 1 heterocycles. The number of hydrogen-bond acceptors (Lipinski definition) is 3. The zero-order chi connectivity index (χ0) is 13.4. The molecule has 104 valence electrons. The number of nitrogens with two attached hydrogens (primary N) is 1. The Morgan fingerprint density at radius 2 is 2.11 bits per heavy atom.